The smallest absolute Gasteiger partial charge is 0.414 e. The highest BCUT2D eigenvalue weighted by molar-refractivity contribution is 5.71. The number of nitrogens with zero attached hydrogens (tertiary/aromatic N) is 1. The predicted molar refractivity (Wildman–Crippen MR) is 60.5 cm³/mol. The fraction of sp³-hybridized carbons (Fsp3) is 0.750. The number of hydrogen-bond donors (Lipinski definition) is 0. The Balaban J connectivity index is 2.68. The summed E-state index contributed by atoms with van der Waals surface area (Å²) in [6.07, 6.45) is 0.670. The first-order valence-electron chi connectivity index (χ1n) is 5.33. The van der Waals surface area contributed by atoms with Crippen molar-refractivity contribution < 1.29 is 9.53 Å². The average molecular weight is 211 g/mol. The first kappa shape index (κ1) is 12.1. The Kier molecular flexibility index (Phi) is 2.85. The van der Waals surface area contributed by atoms with E-state index < -0.39 is 5.60 Å². The summed E-state index contributed by atoms with van der Waals surface area (Å²) in [7, 11) is 0. The summed E-state index contributed by atoms with van der Waals surface area (Å²) in [5.41, 5.74) is 0.429. The van der Waals surface area contributed by atoms with E-state index >= 15 is 0 Å². The number of hydrogen-bond acceptors (Lipinski definition) is 2. The molecule has 1 saturated heterocycles. The third-order valence-electron chi connectivity index (χ3n) is 2.68. The Labute approximate surface area is 92.1 Å². The van der Waals surface area contributed by atoms with Crippen LogP contribution in [0.25, 0.3) is 0 Å². The number of rotatable bonds is 0. The lowest BCUT2D eigenvalue weighted by Crippen LogP contribution is -2.34. The van der Waals surface area contributed by atoms with Crippen LogP contribution < -0.4 is 0 Å². The molecule has 0 bridgehead atoms. The molecule has 0 atom stereocenters. The van der Waals surface area contributed by atoms with Gasteiger partial charge in [-0.15, -0.1) is 0 Å². The van der Waals surface area contributed by atoms with Crippen molar-refractivity contribution in [1.29, 1.82) is 0 Å². The minimum atomic E-state index is -0.440. The van der Waals surface area contributed by atoms with Crippen LogP contribution in [0.3, 0.4) is 0 Å². The van der Waals surface area contributed by atoms with Crippen molar-refractivity contribution in [2.75, 3.05) is 6.54 Å². The molecular weight excluding hydrogens is 190 g/mol. The third kappa shape index (κ3) is 2.74. The Morgan fingerprint density at radius 1 is 1.47 bits per heavy atom. The van der Waals surface area contributed by atoms with Gasteiger partial charge in [0.2, 0.25) is 0 Å². The molecule has 1 fully saturated rings. The summed E-state index contributed by atoms with van der Waals surface area (Å²) >= 11 is 0. The van der Waals surface area contributed by atoms with Crippen molar-refractivity contribution in [2.45, 2.75) is 46.6 Å². The highest BCUT2D eigenvalue weighted by Gasteiger charge is 2.38. The van der Waals surface area contributed by atoms with Crippen LogP contribution in [0.2, 0.25) is 0 Å². The molecule has 0 N–H and O–H groups in total. The highest BCUT2D eigenvalue weighted by atomic mass is 16.6. The van der Waals surface area contributed by atoms with E-state index in [2.05, 4.69) is 20.4 Å². The minimum Gasteiger partial charge on any atom is -0.443 e. The van der Waals surface area contributed by atoms with Gasteiger partial charge in [-0.2, -0.15) is 0 Å². The van der Waals surface area contributed by atoms with Crippen molar-refractivity contribution in [3.63, 3.8) is 0 Å². The normalized spacial score (nSPS) is 20.6. The Morgan fingerprint density at radius 3 is 2.33 bits per heavy atom. The first-order valence-corrected chi connectivity index (χ1v) is 5.33. The predicted octanol–water partition coefficient (Wildman–Crippen LogP) is 3.17. The van der Waals surface area contributed by atoms with E-state index in [1.807, 2.05) is 20.8 Å². The van der Waals surface area contributed by atoms with Gasteiger partial charge in [-0.05, 0) is 27.2 Å². The number of carbonyl (C=O) groups excluding carboxylic acids is 1. The summed E-state index contributed by atoms with van der Waals surface area (Å²) in [5.74, 6) is 0. The molecule has 0 unspecified atom stereocenters. The van der Waals surface area contributed by atoms with E-state index in [1.54, 1.807) is 4.90 Å². The van der Waals surface area contributed by atoms with Crippen molar-refractivity contribution in [1.82, 2.24) is 4.90 Å². The largest absolute Gasteiger partial charge is 0.443 e. The quantitative estimate of drug-likeness (QED) is 0.616. The Morgan fingerprint density at radius 2 is 2.00 bits per heavy atom. The van der Waals surface area contributed by atoms with E-state index in [-0.39, 0.29) is 11.5 Å². The van der Waals surface area contributed by atoms with E-state index in [9.17, 15) is 4.79 Å². The van der Waals surface area contributed by atoms with Gasteiger partial charge >= 0.3 is 6.09 Å². The molecule has 86 valence electrons. The zero-order chi connectivity index (χ0) is 11.9. The van der Waals surface area contributed by atoms with Crippen LogP contribution in [0.5, 0.6) is 0 Å². The summed E-state index contributed by atoms with van der Waals surface area (Å²) < 4.78 is 5.31. The molecule has 0 aromatic rings. The summed E-state index contributed by atoms with van der Waals surface area (Å²) in [5, 5.41) is 0. The van der Waals surface area contributed by atoms with Gasteiger partial charge in [0.1, 0.15) is 5.60 Å². The molecule has 1 aliphatic heterocycles. The van der Waals surface area contributed by atoms with Gasteiger partial charge in [-0.1, -0.05) is 20.4 Å². The van der Waals surface area contributed by atoms with E-state index in [4.69, 9.17) is 4.74 Å². The fourth-order valence-electron chi connectivity index (χ4n) is 1.55. The maximum Gasteiger partial charge on any atom is 0.414 e. The van der Waals surface area contributed by atoms with Gasteiger partial charge in [0.05, 0.1) is 0 Å². The van der Waals surface area contributed by atoms with Crippen LogP contribution in [-0.4, -0.2) is 23.1 Å². The molecule has 0 aliphatic carbocycles. The fourth-order valence-corrected chi connectivity index (χ4v) is 1.55. The molecule has 1 heterocycles. The van der Waals surface area contributed by atoms with Crippen LogP contribution in [0.15, 0.2) is 12.3 Å². The lowest BCUT2D eigenvalue weighted by Gasteiger charge is -2.27. The molecule has 3 nitrogen and oxygen atoms in total. The van der Waals surface area contributed by atoms with E-state index in [0.717, 1.165) is 12.1 Å². The molecule has 1 aliphatic rings. The molecular formula is C12H21NO2. The van der Waals surface area contributed by atoms with Crippen molar-refractivity contribution in [3.8, 4) is 0 Å². The maximum absolute atomic E-state index is 11.8. The van der Waals surface area contributed by atoms with Gasteiger partial charge in [0, 0.05) is 17.7 Å². The molecule has 0 aromatic heterocycles. The van der Waals surface area contributed by atoms with Crippen LogP contribution in [0, 0.1) is 5.41 Å². The van der Waals surface area contributed by atoms with Gasteiger partial charge < -0.3 is 4.74 Å². The second-order valence-corrected chi connectivity index (χ2v) is 5.71. The van der Waals surface area contributed by atoms with Gasteiger partial charge in [-0.3, -0.25) is 4.90 Å². The number of likely N-dealkylation sites (tertiary alicyclic amines) is 1. The molecule has 1 amide bonds. The van der Waals surface area contributed by atoms with Gasteiger partial charge in [0.25, 0.3) is 0 Å². The Bertz CT molecular complexity index is 286. The Hall–Kier alpha value is -0.990. The minimum absolute atomic E-state index is 0.0108. The van der Waals surface area contributed by atoms with E-state index in [0.29, 0.717) is 6.54 Å². The number of carbonyl (C=O) groups is 1. The lowest BCUT2D eigenvalue weighted by atomic mass is 9.90. The zero-order valence-corrected chi connectivity index (χ0v) is 10.4. The number of allylic oxidation sites excluding steroid dienone is 1. The van der Waals surface area contributed by atoms with Crippen LogP contribution >= 0.6 is 0 Å². The number of amides is 1. The summed E-state index contributed by atoms with van der Waals surface area (Å²) in [4.78, 5) is 13.4. The topological polar surface area (TPSA) is 29.5 Å². The monoisotopic (exact) mass is 211 g/mol. The molecule has 3 heteroatoms. The second kappa shape index (κ2) is 3.54. The zero-order valence-electron chi connectivity index (χ0n) is 10.4. The number of ether oxygens (including phenoxy) is 1. The summed E-state index contributed by atoms with van der Waals surface area (Å²) in [6, 6.07) is 0. The molecule has 15 heavy (non-hydrogen) atoms. The first-order chi connectivity index (χ1) is 6.63. The van der Waals surface area contributed by atoms with Crippen molar-refractivity contribution >= 4 is 6.09 Å². The molecule has 1 rings (SSSR count). The van der Waals surface area contributed by atoms with Crippen molar-refractivity contribution in [2.24, 2.45) is 5.41 Å². The highest BCUT2D eigenvalue weighted by Crippen LogP contribution is 2.38. The van der Waals surface area contributed by atoms with Crippen LogP contribution in [0.1, 0.15) is 41.0 Å². The van der Waals surface area contributed by atoms with Gasteiger partial charge in [0.15, 0.2) is 0 Å². The van der Waals surface area contributed by atoms with E-state index in [1.165, 1.54) is 0 Å². The second-order valence-electron chi connectivity index (χ2n) is 5.71. The van der Waals surface area contributed by atoms with Gasteiger partial charge in [-0.25, -0.2) is 4.79 Å². The third-order valence-corrected chi connectivity index (χ3v) is 2.68. The molecule has 0 spiro atoms. The van der Waals surface area contributed by atoms with Crippen LogP contribution in [0.4, 0.5) is 4.79 Å². The molecule has 0 aromatic carbocycles. The van der Waals surface area contributed by atoms with Crippen LogP contribution in [-0.2, 0) is 4.74 Å². The summed E-state index contributed by atoms with van der Waals surface area (Å²) in [6.45, 7) is 14.5. The lowest BCUT2D eigenvalue weighted by molar-refractivity contribution is 0.0334. The standard InChI is InChI=1S/C12H21NO2/c1-9-12(5,6)7-8-13(9)10(14)15-11(2,3)4/h1,7-8H2,2-6H3. The average Bonchev–Trinajstić information content (AvgIpc) is 2.24. The maximum atomic E-state index is 11.8. The SMILES string of the molecule is C=C1N(C(=O)OC(C)(C)C)CCC1(C)C. The van der Waals surface area contributed by atoms with Crippen molar-refractivity contribution in [3.05, 3.63) is 12.3 Å². The molecule has 0 radical (unpaired) electrons. The molecule has 0 saturated carbocycles.